The van der Waals surface area contributed by atoms with Crippen molar-refractivity contribution in [3.05, 3.63) is 39.7 Å². The molecule has 0 fully saturated rings. The molecule has 0 radical (unpaired) electrons. The quantitative estimate of drug-likeness (QED) is 0.475. The molecule has 1 aromatic rings. The summed E-state index contributed by atoms with van der Waals surface area (Å²) in [7, 11) is 1.51. The Morgan fingerprint density at radius 2 is 2.25 bits per heavy atom. The zero-order chi connectivity index (χ0) is 15.1. The number of methoxy groups -OCH3 is 1. The summed E-state index contributed by atoms with van der Waals surface area (Å²) < 4.78 is 18.0. The number of alkyl halides is 1. The van der Waals surface area contributed by atoms with E-state index in [1.807, 2.05) is 0 Å². The number of hydrogen-bond donors (Lipinski definition) is 1. The second-order valence-corrected chi connectivity index (χ2v) is 4.67. The lowest BCUT2D eigenvalue weighted by molar-refractivity contribution is -0.385. The lowest BCUT2D eigenvalue weighted by Gasteiger charge is -2.09. The molecule has 0 aliphatic heterocycles. The minimum Gasteiger partial charge on any atom is -0.383 e. The average molecular weight is 305 g/mol. The molecule has 8 heteroatoms. The second kappa shape index (κ2) is 7.76. The highest BCUT2D eigenvalue weighted by Gasteiger charge is 2.14. The van der Waals surface area contributed by atoms with Crippen molar-refractivity contribution in [2.75, 3.05) is 20.3 Å². The normalized spacial score (nSPS) is 11.9. The average Bonchev–Trinajstić information content (AvgIpc) is 2.38. The molecule has 0 saturated heterocycles. The van der Waals surface area contributed by atoms with Crippen LogP contribution in [0.4, 0.5) is 10.1 Å². The fraction of sp³-hybridized carbons (Fsp3) is 0.417. The number of ether oxygens (including phenoxy) is 1. The molecule has 0 aliphatic carbocycles. The number of halogens is 2. The van der Waals surface area contributed by atoms with Crippen molar-refractivity contribution in [2.24, 2.45) is 0 Å². The highest BCUT2D eigenvalue weighted by molar-refractivity contribution is 6.20. The number of nitro benzene ring substituents is 1. The van der Waals surface area contributed by atoms with Gasteiger partial charge in [0.25, 0.3) is 11.6 Å². The van der Waals surface area contributed by atoms with Gasteiger partial charge in [-0.05, 0) is 12.5 Å². The molecule has 0 aliphatic rings. The van der Waals surface area contributed by atoms with Gasteiger partial charge in [0.05, 0.1) is 23.0 Å². The number of benzene rings is 1. The van der Waals surface area contributed by atoms with Gasteiger partial charge in [0, 0.05) is 25.3 Å². The molecule has 0 bridgehead atoms. The molecule has 0 saturated carbocycles. The minimum absolute atomic E-state index is 0.102. The zero-order valence-corrected chi connectivity index (χ0v) is 11.5. The maximum Gasteiger partial charge on any atom is 0.273 e. The lowest BCUT2D eigenvalue weighted by Crippen LogP contribution is -2.27. The zero-order valence-electron chi connectivity index (χ0n) is 10.8. The Balaban J connectivity index is 2.61. The Morgan fingerprint density at radius 1 is 1.55 bits per heavy atom. The van der Waals surface area contributed by atoms with E-state index < -0.39 is 22.3 Å². The van der Waals surface area contributed by atoms with Gasteiger partial charge in [-0.1, -0.05) is 0 Å². The van der Waals surface area contributed by atoms with Crippen LogP contribution in [0.25, 0.3) is 0 Å². The van der Waals surface area contributed by atoms with Crippen molar-refractivity contribution in [3.63, 3.8) is 0 Å². The van der Waals surface area contributed by atoms with E-state index in [2.05, 4.69) is 5.32 Å². The van der Waals surface area contributed by atoms with E-state index >= 15 is 0 Å². The SMILES string of the molecule is COCC(Cl)CCNC(=O)c1cc(F)cc([N+](=O)[O-])c1. The smallest absolute Gasteiger partial charge is 0.273 e. The molecule has 20 heavy (non-hydrogen) atoms. The molecule has 1 atom stereocenters. The molecule has 110 valence electrons. The van der Waals surface area contributed by atoms with Gasteiger partial charge >= 0.3 is 0 Å². The number of rotatable bonds is 7. The first kappa shape index (κ1) is 16.3. The first-order valence-electron chi connectivity index (χ1n) is 5.80. The predicted octanol–water partition coefficient (Wildman–Crippen LogP) is 2.11. The number of hydrogen-bond acceptors (Lipinski definition) is 4. The fourth-order valence-electron chi connectivity index (χ4n) is 1.52. The Labute approximate surface area is 120 Å². The first-order valence-corrected chi connectivity index (χ1v) is 6.24. The van der Waals surface area contributed by atoms with E-state index in [1.54, 1.807) is 0 Å². The molecule has 0 aromatic heterocycles. The number of amides is 1. The molecule has 0 spiro atoms. The monoisotopic (exact) mass is 304 g/mol. The van der Waals surface area contributed by atoms with Crippen molar-refractivity contribution in [2.45, 2.75) is 11.8 Å². The van der Waals surface area contributed by atoms with Crippen LogP contribution < -0.4 is 5.32 Å². The van der Waals surface area contributed by atoms with E-state index in [9.17, 15) is 19.3 Å². The van der Waals surface area contributed by atoms with Crippen LogP contribution in [-0.4, -0.2) is 36.5 Å². The summed E-state index contributed by atoms with van der Waals surface area (Å²) in [5, 5.41) is 12.8. The Kier molecular flexibility index (Phi) is 6.33. The Hall–Kier alpha value is -1.73. The highest BCUT2D eigenvalue weighted by Crippen LogP contribution is 2.16. The van der Waals surface area contributed by atoms with Crippen LogP contribution in [0, 0.1) is 15.9 Å². The summed E-state index contributed by atoms with van der Waals surface area (Å²) in [6, 6.07) is 2.71. The van der Waals surface area contributed by atoms with Crippen LogP contribution in [0.15, 0.2) is 18.2 Å². The van der Waals surface area contributed by atoms with Gasteiger partial charge in [0.1, 0.15) is 5.82 Å². The van der Waals surface area contributed by atoms with E-state index in [0.29, 0.717) is 13.0 Å². The number of nitrogens with one attached hydrogen (secondary N) is 1. The molecule has 1 rings (SSSR count). The molecule has 6 nitrogen and oxygen atoms in total. The Bertz CT molecular complexity index is 498. The predicted molar refractivity (Wildman–Crippen MR) is 71.5 cm³/mol. The van der Waals surface area contributed by atoms with Gasteiger partial charge in [0.15, 0.2) is 0 Å². The number of nitro groups is 1. The van der Waals surface area contributed by atoms with Crippen LogP contribution in [-0.2, 0) is 4.74 Å². The second-order valence-electron chi connectivity index (χ2n) is 4.05. The topological polar surface area (TPSA) is 81.5 Å². The fourth-order valence-corrected chi connectivity index (χ4v) is 1.75. The number of carbonyl (C=O) groups is 1. The largest absolute Gasteiger partial charge is 0.383 e. The molecular weight excluding hydrogens is 291 g/mol. The molecule has 1 N–H and O–H groups in total. The number of nitrogens with zero attached hydrogens (tertiary/aromatic N) is 1. The van der Waals surface area contributed by atoms with E-state index in [4.69, 9.17) is 16.3 Å². The molecule has 0 heterocycles. The van der Waals surface area contributed by atoms with E-state index in [1.165, 1.54) is 7.11 Å². The van der Waals surface area contributed by atoms with Gasteiger partial charge in [0.2, 0.25) is 0 Å². The molecule has 1 aromatic carbocycles. The summed E-state index contributed by atoms with van der Waals surface area (Å²) in [6.07, 6.45) is 0.471. The third-order valence-electron chi connectivity index (χ3n) is 2.45. The maximum atomic E-state index is 13.2. The van der Waals surface area contributed by atoms with Crippen LogP contribution >= 0.6 is 11.6 Å². The minimum atomic E-state index is -0.834. The van der Waals surface area contributed by atoms with Gasteiger partial charge in [-0.2, -0.15) is 0 Å². The van der Waals surface area contributed by atoms with E-state index in [-0.39, 0.29) is 17.5 Å². The van der Waals surface area contributed by atoms with Crippen LogP contribution in [0.3, 0.4) is 0 Å². The lowest BCUT2D eigenvalue weighted by atomic mass is 10.2. The maximum absolute atomic E-state index is 13.2. The van der Waals surface area contributed by atoms with E-state index in [0.717, 1.165) is 18.2 Å². The third-order valence-corrected chi connectivity index (χ3v) is 2.79. The van der Waals surface area contributed by atoms with Crippen molar-refractivity contribution < 1.29 is 18.8 Å². The summed E-state index contributed by atoms with van der Waals surface area (Å²) in [6.45, 7) is 0.615. The van der Waals surface area contributed by atoms with Crippen molar-refractivity contribution in [1.82, 2.24) is 5.32 Å². The van der Waals surface area contributed by atoms with Crippen molar-refractivity contribution in [3.8, 4) is 0 Å². The summed E-state index contributed by atoms with van der Waals surface area (Å²) in [5.41, 5.74) is -0.570. The van der Waals surface area contributed by atoms with Gasteiger partial charge in [-0.15, -0.1) is 11.6 Å². The summed E-state index contributed by atoms with van der Waals surface area (Å²) >= 11 is 5.88. The highest BCUT2D eigenvalue weighted by atomic mass is 35.5. The van der Waals surface area contributed by atoms with Crippen LogP contribution in [0.2, 0.25) is 0 Å². The number of non-ortho nitro benzene ring substituents is 1. The van der Waals surface area contributed by atoms with Crippen LogP contribution in [0.5, 0.6) is 0 Å². The molecule has 1 unspecified atom stereocenters. The first-order chi connectivity index (χ1) is 9.43. The van der Waals surface area contributed by atoms with Crippen molar-refractivity contribution >= 4 is 23.2 Å². The van der Waals surface area contributed by atoms with Gasteiger partial charge < -0.3 is 10.1 Å². The standard InChI is InChI=1S/C12H14ClFN2O4/c1-20-7-9(13)2-3-15-12(17)8-4-10(14)6-11(5-8)16(18)19/h4-6,9H,2-3,7H2,1H3,(H,15,17). The molecular formula is C12H14ClFN2O4. The van der Waals surface area contributed by atoms with Crippen LogP contribution in [0.1, 0.15) is 16.8 Å². The molecule has 1 amide bonds. The Morgan fingerprint density at radius 3 is 2.85 bits per heavy atom. The number of carbonyl (C=O) groups excluding carboxylic acids is 1. The van der Waals surface area contributed by atoms with Gasteiger partial charge in [-0.25, -0.2) is 4.39 Å². The third kappa shape index (κ3) is 5.10. The summed E-state index contributed by atoms with van der Waals surface area (Å²) in [4.78, 5) is 21.6. The van der Waals surface area contributed by atoms with Gasteiger partial charge in [-0.3, -0.25) is 14.9 Å². The summed E-state index contributed by atoms with van der Waals surface area (Å²) in [5.74, 6) is -1.42. The van der Waals surface area contributed by atoms with Crippen molar-refractivity contribution in [1.29, 1.82) is 0 Å².